The molecular weight excluding hydrogens is 305 g/mol. The van der Waals surface area contributed by atoms with Crippen LogP contribution in [0.25, 0.3) is 0 Å². The Morgan fingerprint density at radius 2 is 2.04 bits per heavy atom. The molecule has 1 aliphatic heterocycles. The van der Waals surface area contributed by atoms with E-state index in [1.807, 2.05) is 32.3 Å². The summed E-state index contributed by atoms with van der Waals surface area (Å²) in [4.78, 5) is 11.5. The van der Waals surface area contributed by atoms with Gasteiger partial charge < -0.3 is 10.6 Å². The fraction of sp³-hybridized carbons (Fsp3) is 0.444. The summed E-state index contributed by atoms with van der Waals surface area (Å²) in [6, 6.07) is 8.87. The largest absolute Gasteiger partial charge is 0.373 e. The molecule has 24 heavy (non-hydrogen) atoms. The van der Waals surface area contributed by atoms with Crippen LogP contribution >= 0.6 is 0 Å². The Kier molecular flexibility index (Phi) is 5.37. The summed E-state index contributed by atoms with van der Waals surface area (Å²) in [6.45, 7) is 2.49. The van der Waals surface area contributed by atoms with Crippen LogP contribution < -0.4 is 10.6 Å². The molecule has 1 atom stereocenters. The number of aromatic nitrogens is 2. The molecule has 2 N–H and O–H groups in total. The van der Waals surface area contributed by atoms with Gasteiger partial charge in [-0.1, -0.05) is 12.1 Å². The van der Waals surface area contributed by atoms with Crippen LogP contribution in [-0.2, 0) is 13.1 Å². The molecule has 128 valence electrons. The topological polar surface area (TPSA) is 53.1 Å². The minimum absolute atomic E-state index is 0.204. The molecule has 1 aromatic carbocycles. The third-order valence-electron chi connectivity index (χ3n) is 4.22. The highest BCUT2D eigenvalue weighted by Gasteiger charge is 2.20. The molecule has 1 unspecified atom stereocenters. The Morgan fingerprint density at radius 3 is 2.71 bits per heavy atom. The van der Waals surface area contributed by atoms with Crippen LogP contribution in [0.15, 0.2) is 30.3 Å². The van der Waals surface area contributed by atoms with Gasteiger partial charge in [0.1, 0.15) is 17.5 Å². The molecule has 0 spiro atoms. The van der Waals surface area contributed by atoms with E-state index < -0.39 is 0 Å². The lowest BCUT2D eigenvalue weighted by atomic mass is 10.2. The van der Waals surface area contributed by atoms with E-state index in [2.05, 4.69) is 20.5 Å². The third-order valence-corrected chi connectivity index (χ3v) is 4.22. The van der Waals surface area contributed by atoms with Crippen molar-refractivity contribution in [1.82, 2.24) is 20.2 Å². The van der Waals surface area contributed by atoms with E-state index in [4.69, 9.17) is 4.98 Å². The summed E-state index contributed by atoms with van der Waals surface area (Å²) in [5.41, 5.74) is 2.07. The summed E-state index contributed by atoms with van der Waals surface area (Å²) in [7, 11) is 3.91. The number of hydrogen-bond donors (Lipinski definition) is 2. The van der Waals surface area contributed by atoms with Crippen LogP contribution in [0.1, 0.15) is 36.0 Å². The maximum atomic E-state index is 13.0. The normalized spacial score (nSPS) is 17.4. The van der Waals surface area contributed by atoms with Gasteiger partial charge in [0.25, 0.3) is 0 Å². The first-order chi connectivity index (χ1) is 11.6. The Morgan fingerprint density at radius 1 is 1.25 bits per heavy atom. The quantitative estimate of drug-likeness (QED) is 0.853. The standard InChI is InChI=1S/C18H24FN5/c1-20-17-10-15(22-18(23-17)16-4-3-9-21-16)12-24(2)11-13-5-7-14(19)8-6-13/h5-8,10,16,21H,3-4,9,11-12H2,1-2H3,(H,20,22,23). The maximum Gasteiger partial charge on any atom is 0.147 e. The first kappa shape index (κ1) is 16.8. The molecule has 0 radical (unpaired) electrons. The van der Waals surface area contributed by atoms with Crippen LogP contribution in [0.5, 0.6) is 0 Å². The molecule has 1 aromatic heterocycles. The number of halogens is 1. The van der Waals surface area contributed by atoms with Gasteiger partial charge in [0.15, 0.2) is 0 Å². The molecule has 5 nitrogen and oxygen atoms in total. The number of anilines is 1. The van der Waals surface area contributed by atoms with E-state index in [9.17, 15) is 4.39 Å². The smallest absolute Gasteiger partial charge is 0.147 e. The fourth-order valence-electron chi connectivity index (χ4n) is 3.02. The van der Waals surface area contributed by atoms with Crippen LogP contribution in [0, 0.1) is 5.82 Å². The first-order valence-electron chi connectivity index (χ1n) is 8.36. The van der Waals surface area contributed by atoms with Crippen molar-refractivity contribution in [2.45, 2.75) is 32.0 Å². The fourth-order valence-corrected chi connectivity index (χ4v) is 3.02. The monoisotopic (exact) mass is 329 g/mol. The van der Waals surface area contributed by atoms with Crippen LogP contribution in [0.4, 0.5) is 10.2 Å². The minimum Gasteiger partial charge on any atom is -0.373 e. The Labute approximate surface area is 142 Å². The second-order valence-electron chi connectivity index (χ2n) is 6.30. The molecule has 2 heterocycles. The second-order valence-corrected chi connectivity index (χ2v) is 6.30. The van der Waals surface area contributed by atoms with Crippen LogP contribution in [0.2, 0.25) is 0 Å². The highest BCUT2D eigenvalue weighted by Crippen LogP contribution is 2.22. The molecule has 0 amide bonds. The number of benzene rings is 1. The van der Waals surface area contributed by atoms with Gasteiger partial charge in [0.05, 0.1) is 11.7 Å². The Balaban J connectivity index is 1.70. The summed E-state index contributed by atoms with van der Waals surface area (Å²) in [6.07, 6.45) is 2.25. The lowest BCUT2D eigenvalue weighted by Crippen LogP contribution is -2.21. The summed E-state index contributed by atoms with van der Waals surface area (Å²) < 4.78 is 13.0. The van der Waals surface area contributed by atoms with Gasteiger partial charge in [-0.25, -0.2) is 14.4 Å². The molecule has 0 aliphatic carbocycles. The molecule has 6 heteroatoms. The molecule has 1 aliphatic rings. The van der Waals surface area contributed by atoms with Crippen molar-refractivity contribution < 1.29 is 4.39 Å². The third kappa shape index (κ3) is 4.27. The van der Waals surface area contributed by atoms with Gasteiger partial charge in [-0.05, 0) is 44.1 Å². The van der Waals surface area contributed by atoms with Crippen molar-refractivity contribution in [3.8, 4) is 0 Å². The van der Waals surface area contributed by atoms with Crippen molar-refractivity contribution in [1.29, 1.82) is 0 Å². The van der Waals surface area contributed by atoms with E-state index in [1.165, 1.54) is 12.1 Å². The number of rotatable bonds is 6. The maximum absolute atomic E-state index is 13.0. The zero-order chi connectivity index (χ0) is 16.9. The molecular formula is C18H24FN5. The summed E-state index contributed by atoms with van der Waals surface area (Å²) in [5.74, 6) is 1.51. The molecule has 2 aromatic rings. The van der Waals surface area contributed by atoms with E-state index in [0.29, 0.717) is 6.54 Å². The van der Waals surface area contributed by atoms with Crippen LogP contribution in [-0.4, -0.2) is 35.5 Å². The number of hydrogen-bond acceptors (Lipinski definition) is 5. The molecule has 3 rings (SSSR count). The number of nitrogens with zero attached hydrogens (tertiary/aromatic N) is 3. The predicted molar refractivity (Wildman–Crippen MR) is 93.1 cm³/mol. The zero-order valence-electron chi connectivity index (χ0n) is 14.2. The van der Waals surface area contributed by atoms with Gasteiger partial charge >= 0.3 is 0 Å². The first-order valence-corrected chi connectivity index (χ1v) is 8.36. The summed E-state index contributed by atoms with van der Waals surface area (Å²) >= 11 is 0. The molecule has 0 saturated carbocycles. The lowest BCUT2D eigenvalue weighted by molar-refractivity contribution is 0.314. The van der Waals surface area contributed by atoms with Gasteiger partial charge in [0, 0.05) is 26.2 Å². The SMILES string of the molecule is CNc1cc(CN(C)Cc2ccc(F)cc2)nc(C2CCCN2)n1. The van der Waals surface area contributed by atoms with Gasteiger partial charge in [-0.2, -0.15) is 0 Å². The zero-order valence-corrected chi connectivity index (χ0v) is 14.2. The van der Waals surface area contributed by atoms with E-state index >= 15 is 0 Å². The van der Waals surface area contributed by atoms with Gasteiger partial charge in [-0.3, -0.25) is 4.90 Å². The average molecular weight is 329 g/mol. The highest BCUT2D eigenvalue weighted by molar-refractivity contribution is 5.35. The summed E-state index contributed by atoms with van der Waals surface area (Å²) in [5, 5.41) is 6.57. The molecule has 1 fully saturated rings. The second kappa shape index (κ2) is 7.68. The molecule has 1 saturated heterocycles. The van der Waals surface area contributed by atoms with E-state index in [1.54, 1.807) is 0 Å². The minimum atomic E-state index is -0.204. The molecule has 0 bridgehead atoms. The highest BCUT2D eigenvalue weighted by atomic mass is 19.1. The van der Waals surface area contributed by atoms with Crippen molar-refractivity contribution in [3.05, 3.63) is 53.2 Å². The van der Waals surface area contributed by atoms with Crippen molar-refractivity contribution in [2.75, 3.05) is 26.0 Å². The lowest BCUT2D eigenvalue weighted by Gasteiger charge is -2.18. The Bertz CT molecular complexity index is 668. The van der Waals surface area contributed by atoms with Crippen molar-refractivity contribution >= 4 is 5.82 Å². The van der Waals surface area contributed by atoms with Gasteiger partial charge in [-0.15, -0.1) is 0 Å². The average Bonchev–Trinajstić information content (AvgIpc) is 3.11. The van der Waals surface area contributed by atoms with Crippen molar-refractivity contribution in [3.63, 3.8) is 0 Å². The van der Waals surface area contributed by atoms with Crippen molar-refractivity contribution in [2.24, 2.45) is 0 Å². The Hall–Kier alpha value is -2.05. The predicted octanol–water partition coefficient (Wildman–Crippen LogP) is 2.71. The van der Waals surface area contributed by atoms with Crippen LogP contribution in [0.3, 0.4) is 0 Å². The van der Waals surface area contributed by atoms with E-state index in [-0.39, 0.29) is 11.9 Å². The number of nitrogens with one attached hydrogen (secondary N) is 2. The van der Waals surface area contributed by atoms with E-state index in [0.717, 1.165) is 48.8 Å². The van der Waals surface area contributed by atoms with Gasteiger partial charge in [0.2, 0.25) is 0 Å².